The van der Waals surface area contributed by atoms with Gasteiger partial charge in [-0.2, -0.15) is 4.98 Å². The number of carbonyl (C=O) groups is 1. The minimum atomic E-state index is -0.141. The van der Waals surface area contributed by atoms with Gasteiger partial charge in [-0.3, -0.25) is 0 Å². The quantitative estimate of drug-likeness (QED) is 0.739. The van der Waals surface area contributed by atoms with Crippen molar-refractivity contribution in [3.05, 3.63) is 41.0 Å². The largest absolute Gasteiger partial charge is 0.377 e. The number of nitrogens with zero attached hydrogens (tertiary/aromatic N) is 4. The van der Waals surface area contributed by atoms with Crippen molar-refractivity contribution in [3.63, 3.8) is 0 Å². The average Bonchev–Trinajstić information content (AvgIpc) is 3.38. The lowest BCUT2D eigenvalue weighted by Gasteiger charge is -2.23. The average molecular weight is 373 g/mol. The van der Waals surface area contributed by atoms with Crippen molar-refractivity contribution in [2.24, 2.45) is 0 Å². The van der Waals surface area contributed by atoms with E-state index in [0.29, 0.717) is 18.3 Å². The van der Waals surface area contributed by atoms with E-state index in [1.165, 1.54) is 0 Å². The zero-order valence-corrected chi connectivity index (χ0v) is 15.2. The standard InChI is InChI=1S/C17H19N5O3S/c1-24-10-14-20-15(25-21-14)9-18-17(23)22-8-4-6-12(22)16-19-11-5-2-3-7-13(11)26-16/h2-3,5,7,12H,4,6,8-10H2,1H3,(H,18,23). The van der Waals surface area contributed by atoms with Gasteiger partial charge < -0.3 is 19.5 Å². The Morgan fingerprint density at radius 3 is 3.15 bits per heavy atom. The van der Waals surface area contributed by atoms with E-state index in [1.807, 2.05) is 23.1 Å². The molecular weight excluding hydrogens is 354 g/mol. The highest BCUT2D eigenvalue weighted by Crippen LogP contribution is 2.36. The Hall–Kier alpha value is -2.52. The molecule has 0 bridgehead atoms. The maximum atomic E-state index is 12.6. The van der Waals surface area contributed by atoms with Crippen molar-refractivity contribution in [3.8, 4) is 0 Å². The highest BCUT2D eigenvalue weighted by atomic mass is 32.1. The van der Waals surface area contributed by atoms with Crippen LogP contribution in [0.25, 0.3) is 10.2 Å². The maximum absolute atomic E-state index is 12.6. The molecule has 0 aliphatic carbocycles. The van der Waals surface area contributed by atoms with Crippen LogP contribution in [0.5, 0.6) is 0 Å². The fourth-order valence-electron chi connectivity index (χ4n) is 3.10. The van der Waals surface area contributed by atoms with Crippen molar-refractivity contribution < 1.29 is 14.1 Å². The molecule has 9 heteroatoms. The van der Waals surface area contributed by atoms with Gasteiger partial charge in [0, 0.05) is 13.7 Å². The predicted octanol–water partition coefficient (Wildman–Crippen LogP) is 2.87. The van der Waals surface area contributed by atoms with Crippen molar-refractivity contribution >= 4 is 27.6 Å². The molecule has 3 heterocycles. The van der Waals surface area contributed by atoms with E-state index in [4.69, 9.17) is 14.2 Å². The minimum Gasteiger partial charge on any atom is -0.377 e. The van der Waals surface area contributed by atoms with Crippen LogP contribution in [0.3, 0.4) is 0 Å². The third-order valence-corrected chi connectivity index (χ3v) is 5.42. The Morgan fingerprint density at radius 2 is 2.31 bits per heavy atom. The summed E-state index contributed by atoms with van der Waals surface area (Å²) in [7, 11) is 1.56. The monoisotopic (exact) mass is 373 g/mol. The molecule has 4 rings (SSSR count). The number of aromatic nitrogens is 3. The first kappa shape index (κ1) is 16.9. The van der Waals surface area contributed by atoms with Gasteiger partial charge in [-0.05, 0) is 25.0 Å². The van der Waals surface area contributed by atoms with Gasteiger partial charge in [-0.1, -0.05) is 17.3 Å². The number of benzene rings is 1. The van der Waals surface area contributed by atoms with Crippen LogP contribution in [0.1, 0.15) is 35.6 Å². The van der Waals surface area contributed by atoms with Crippen LogP contribution < -0.4 is 5.32 Å². The van der Waals surface area contributed by atoms with Crippen molar-refractivity contribution in [1.82, 2.24) is 25.3 Å². The lowest BCUT2D eigenvalue weighted by atomic mass is 10.2. The van der Waals surface area contributed by atoms with Gasteiger partial charge in [0.2, 0.25) is 5.89 Å². The number of hydrogen-bond donors (Lipinski definition) is 1. The van der Waals surface area contributed by atoms with Crippen LogP contribution >= 0.6 is 11.3 Å². The summed E-state index contributed by atoms with van der Waals surface area (Å²) < 4.78 is 11.2. The lowest BCUT2D eigenvalue weighted by Crippen LogP contribution is -2.39. The Kier molecular flexibility index (Phi) is 4.81. The van der Waals surface area contributed by atoms with Crippen LogP contribution in [0.4, 0.5) is 4.79 Å². The molecule has 1 fully saturated rings. The number of rotatable bonds is 5. The van der Waals surface area contributed by atoms with Crippen molar-refractivity contribution in [2.45, 2.75) is 32.0 Å². The van der Waals surface area contributed by atoms with Gasteiger partial charge in [0.05, 0.1) is 22.8 Å². The van der Waals surface area contributed by atoms with Gasteiger partial charge in [0.25, 0.3) is 0 Å². The molecule has 1 aliphatic rings. The second-order valence-electron chi connectivity index (χ2n) is 6.07. The van der Waals surface area contributed by atoms with Gasteiger partial charge in [0.15, 0.2) is 5.82 Å². The second kappa shape index (κ2) is 7.38. The second-order valence-corrected chi connectivity index (χ2v) is 7.13. The van der Waals surface area contributed by atoms with E-state index < -0.39 is 0 Å². The first-order chi connectivity index (χ1) is 12.7. The summed E-state index contributed by atoms with van der Waals surface area (Å²) >= 11 is 1.65. The fraction of sp³-hybridized carbons (Fsp3) is 0.412. The molecule has 1 aromatic carbocycles. The molecule has 1 atom stereocenters. The Bertz CT molecular complexity index is 876. The molecule has 0 spiro atoms. The topological polar surface area (TPSA) is 93.4 Å². The van der Waals surface area contributed by atoms with E-state index in [2.05, 4.69) is 21.5 Å². The highest BCUT2D eigenvalue weighted by Gasteiger charge is 2.32. The Balaban J connectivity index is 1.42. The van der Waals surface area contributed by atoms with E-state index in [1.54, 1.807) is 18.4 Å². The molecule has 8 nitrogen and oxygen atoms in total. The van der Waals surface area contributed by atoms with Gasteiger partial charge in [0.1, 0.15) is 11.6 Å². The maximum Gasteiger partial charge on any atom is 0.318 e. The minimum absolute atomic E-state index is 0.0131. The molecule has 3 aromatic rings. The Labute approximate surface area is 154 Å². The number of hydrogen-bond acceptors (Lipinski definition) is 7. The van der Waals surface area contributed by atoms with Gasteiger partial charge in [-0.15, -0.1) is 11.3 Å². The van der Waals surface area contributed by atoms with Crippen LogP contribution in [0.15, 0.2) is 28.8 Å². The smallest absolute Gasteiger partial charge is 0.318 e. The van der Waals surface area contributed by atoms with E-state index >= 15 is 0 Å². The fourth-order valence-corrected chi connectivity index (χ4v) is 4.22. The number of carbonyl (C=O) groups excluding carboxylic acids is 1. The van der Waals surface area contributed by atoms with Crippen LogP contribution in [-0.2, 0) is 17.9 Å². The van der Waals surface area contributed by atoms with Crippen LogP contribution in [0.2, 0.25) is 0 Å². The lowest BCUT2D eigenvalue weighted by molar-refractivity contribution is 0.174. The summed E-state index contributed by atoms with van der Waals surface area (Å²) in [5.74, 6) is 0.825. The zero-order valence-electron chi connectivity index (χ0n) is 14.3. The number of nitrogens with one attached hydrogen (secondary N) is 1. The van der Waals surface area contributed by atoms with Gasteiger partial charge in [-0.25, -0.2) is 9.78 Å². The summed E-state index contributed by atoms with van der Waals surface area (Å²) in [5, 5.41) is 7.63. The molecule has 1 saturated heterocycles. The molecular formula is C17H19N5O3S. The van der Waals surface area contributed by atoms with Crippen molar-refractivity contribution in [2.75, 3.05) is 13.7 Å². The normalized spacial score (nSPS) is 17.1. The number of fused-ring (bicyclic) bond motifs is 1. The molecule has 0 saturated carbocycles. The summed E-state index contributed by atoms with van der Waals surface area (Å²) in [5.41, 5.74) is 0.983. The summed E-state index contributed by atoms with van der Waals surface area (Å²) in [6.45, 7) is 1.19. The van der Waals surface area contributed by atoms with Gasteiger partial charge >= 0.3 is 6.03 Å². The molecule has 0 radical (unpaired) electrons. The molecule has 1 N–H and O–H groups in total. The predicted molar refractivity (Wildman–Crippen MR) is 95.5 cm³/mol. The number of methoxy groups -OCH3 is 1. The number of urea groups is 1. The summed E-state index contributed by atoms with van der Waals surface area (Å²) in [4.78, 5) is 23.3. The number of thiazole rings is 1. The molecule has 2 amide bonds. The number of likely N-dealkylation sites (tertiary alicyclic amines) is 1. The van der Waals surface area contributed by atoms with E-state index in [-0.39, 0.29) is 25.2 Å². The van der Waals surface area contributed by atoms with Crippen molar-refractivity contribution in [1.29, 1.82) is 0 Å². The SMILES string of the molecule is COCc1noc(CNC(=O)N2CCCC2c2nc3ccccc3s2)n1. The third-order valence-electron chi connectivity index (χ3n) is 4.28. The zero-order chi connectivity index (χ0) is 17.9. The number of ether oxygens (including phenoxy) is 1. The molecule has 26 heavy (non-hydrogen) atoms. The molecule has 1 aliphatic heterocycles. The van der Waals surface area contributed by atoms with Crippen LogP contribution in [-0.4, -0.2) is 39.7 Å². The third kappa shape index (κ3) is 3.40. The first-order valence-corrected chi connectivity index (χ1v) is 9.26. The van der Waals surface area contributed by atoms with E-state index in [9.17, 15) is 4.79 Å². The highest BCUT2D eigenvalue weighted by molar-refractivity contribution is 7.18. The number of amides is 2. The van der Waals surface area contributed by atoms with Crippen LogP contribution in [0, 0.1) is 0 Å². The summed E-state index contributed by atoms with van der Waals surface area (Å²) in [6, 6.07) is 7.92. The first-order valence-electron chi connectivity index (χ1n) is 8.45. The van der Waals surface area contributed by atoms with E-state index in [0.717, 1.165) is 28.1 Å². The molecule has 136 valence electrons. The summed E-state index contributed by atoms with van der Waals surface area (Å²) in [6.07, 6.45) is 1.89. The molecule has 1 unspecified atom stereocenters. The Morgan fingerprint density at radius 1 is 1.42 bits per heavy atom. The molecule has 2 aromatic heterocycles. The number of para-hydroxylation sites is 1.